The number of fused-ring (bicyclic) bond motifs is 1. The summed E-state index contributed by atoms with van der Waals surface area (Å²) in [7, 11) is 0. The second kappa shape index (κ2) is 6.59. The first kappa shape index (κ1) is 15.3. The molecule has 4 nitrogen and oxygen atoms in total. The lowest BCUT2D eigenvalue weighted by molar-refractivity contribution is -0.159. The van der Waals surface area contributed by atoms with Crippen LogP contribution in [0.5, 0.6) is 0 Å². The van der Waals surface area contributed by atoms with Gasteiger partial charge in [0.25, 0.3) is 0 Å². The summed E-state index contributed by atoms with van der Waals surface area (Å²) in [4.78, 5) is 28.7. The van der Waals surface area contributed by atoms with Gasteiger partial charge >= 0.3 is 0 Å². The summed E-state index contributed by atoms with van der Waals surface area (Å²) in [6, 6.07) is -0.369. The lowest BCUT2D eigenvalue weighted by Gasteiger charge is -2.42. The Hall–Kier alpha value is -1.06. The maximum absolute atomic E-state index is 12.6. The normalized spacial score (nSPS) is 26.6. The first-order valence-corrected chi connectivity index (χ1v) is 8.17. The number of piperazine rings is 1. The van der Waals surface area contributed by atoms with Crippen LogP contribution in [0.1, 0.15) is 59.3 Å². The average Bonchev–Trinajstić information content (AvgIpc) is 2.89. The number of amides is 2. The molecule has 0 bridgehead atoms. The van der Waals surface area contributed by atoms with Gasteiger partial charge in [0.1, 0.15) is 12.1 Å². The van der Waals surface area contributed by atoms with Gasteiger partial charge in [-0.15, -0.1) is 0 Å². The van der Waals surface area contributed by atoms with Crippen LogP contribution in [0.15, 0.2) is 0 Å². The molecular formula is C16H28N2O2. The summed E-state index contributed by atoms with van der Waals surface area (Å²) in [5.41, 5.74) is 0. The third-order valence-corrected chi connectivity index (χ3v) is 4.58. The molecule has 0 spiro atoms. The van der Waals surface area contributed by atoms with Crippen molar-refractivity contribution in [3.05, 3.63) is 0 Å². The Labute approximate surface area is 122 Å². The van der Waals surface area contributed by atoms with Crippen LogP contribution in [0.25, 0.3) is 0 Å². The van der Waals surface area contributed by atoms with Gasteiger partial charge in [-0.25, -0.2) is 0 Å². The van der Waals surface area contributed by atoms with Gasteiger partial charge in [0.05, 0.1) is 0 Å². The van der Waals surface area contributed by atoms with Gasteiger partial charge in [-0.2, -0.15) is 0 Å². The Balaban J connectivity index is 1.97. The number of hydrogen-bond acceptors (Lipinski definition) is 2. The molecule has 2 fully saturated rings. The van der Waals surface area contributed by atoms with Crippen LogP contribution in [0.2, 0.25) is 0 Å². The fourth-order valence-corrected chi connectivity index (χ4v) is 3.45. The largest absolute Gasteiger partial charge is 0.329 e. The van der Waals surface area contributed by atoms with Gasteiger partial charge < -0.3 is 9.80 Å². The molecule has 4 heteroatoms. The molecule has 114 valence electrons. The molecule has 2 heterocycles. The third-order valence-electron chi connectivity index (χ3n) is 4.58. The number of carbonyl (C=O) groups is 2. The van der Waals surface area contributed by atoms with Gasteiger partial charge in [-0.1, -0.05) is 33.6 Å². The minimum atomic E-state index is -0.212. The number of unbranched alkanes of at least 4 members (excludes halogenated alkanes) is 1. The maximum Gasteiger partial charge on any atom is 0.246 e. The fraction of sp³-hybridized carbons (Fsp3) is 0.875. The van der Waals surface area contributed by atoms with E-state index >= 15 is 0 Å². The highest BCUT2D eigenvalue weighted by atomic mass is 16.2. The van der Waals surface area contributed by atoms with E-state index in [0.29, 0.717) is 5.92 Å². The molecule has 0 aromatic heterocycles. The van der Waals surface area contributed by atoms with Crippen molar-refractivity contribution in [1.29, 1.82) is 0 Å². The van der Waals surface area contributed by atoms with E-state index in [2.05, 4.69) is 13.8 Å². The molecule has 2 amide bonds. The average molecular weight is 280 g/mol. The first-order valence-electron chi connectivity index (χ1n) is 8.17. The Morgan fingerprint density at radius 3 is 2.60 bits per heavy atom. The van der Waals surface area contributed by atoms with Crippen molar-refractivity contribution in [2.24, 2.45) is 5.92 Å². The molecule has 2 atom stereocenters. The summed E-state index contributed by atoms with van der Waals surface area (Å²) < 4.78 is 0. The Kier molecular flexibility index (Phi) is 5.06. The predicted octanol–water partition coefficient (Wildman–Crippen LogP) is 2.42. The van der Waals surface area contributed by atoms with Crippen LogP contribution in [0, 0.1) is 5.92 Å². The zero-order valence-electron chi connectivity index (χ0n) is 13.1. The van der Waals surface area contributed by atoms with Crippen LogP contribution in [0.3, 0.4) is 0 Å². The van der Waals surface area contributed by atoms with E-state index in [1.807, 2.05) is 16.7 Å². The van der Waals surface area contributed by atoms with Crippen molar-refractivity contribution >= 4 is 11.8 Å². The molecule has 20 heavy (non-hydrogen) atoms. The van der Waals surface area contributed by atoms with Crippen LogP contribution < -0.4 is 0 Å². The van der Waals surface area contributed by atoms with Gasteiger partial charge in [0.15, 0.2) is 0 Å². The van der Waals surface area contributed by atoms with Crippen molar-refractivity contribution in [3.8, 4) is 0 Å². The standard InChI is InChI=1S/C16H28N2O2/c1-4-13-15(19)18-11-7-9-14(18)16(20)17(13)10-6-5-8-12(2)3/h12-14H,4-11H2,1-3H3. The van der Waals surface area contributed by atoms with Crippen molar-refractivity contribution in [1.82, 2.24) is 9.80 Å². The smallest absolute Gasteiger partial charge is 0.246 e. The minimum absolute atomic E-state index is 0.157. The van der Waals surface area contributed by atoms with Crippen LogP contribution in [-0.4, -0.2) is 46.8 Å². The van der Waals surface area contributed by atoms with E-state index in [1.165, 1.54) is 6.42 Å². The summed E-state index contributed by atoms with van der Waals surface area (Å²) in [6.45, 7) is 7.97. The van der Waals surface area contributed by atoms with E-state index in [-0.39, 0.29) is 23.9 Å². The van der Waals surface area contributed by atoms with E-state index in [9.17, 15) is 9.59 Å². The van der Waals surface area contributed by atoms with E-state index in [0.717, 1.165) is 45.2 Å². The molecule has 0 aliphatic carbocycles. The van der Waals surface area contributed by atoms with Crippen LogP contribution >= 0.6 is 0 Å². The molecule has 2 unspecified atom stereocenters. The molecule has 2 rings (SSSR count). The zero-order valence-corrected chi connectivity index (χ0v) is 13.1. The molecule has 2 aliphatic rings. The maximum atomic E-state index is 12.6. The molecule has 2 aliphatic heterocycles. The zero-order chi connectivity index (χ0) is 14.7. The topological polar surface area (TPSA) is 40.6 Å². The van der Waals surface area contributed by atoms with Gasteiger partial charge in [-0.3, -0.25) is 9.59 Å². The summed E-state index contributed by atoms with van der Waals surface area (Å²) in [5, 5.41) is 0. The molecule has 0 aromatic rings. The number of hydrogen-bond donors (Lipinski definition) is 0. The Bertz CT molecular complexity index is 367. The summed E-state index contributed by atoms with van der Waals surface area (Å²) in [5.74, 6) is 1.08. The third kappa shape index (κ3) is 2.99. The van der Waals surface area contributed by atoms with Crippen molar-refractivity contribution < 1.29 is 9.59 Å². The monoisotopic (exact) mass is 280 g/mol. The molecular weight excluding hydrogens is 252 g/mol. The first-order chi connectivity index (χ1) is 9.56. The van der Waals surface area contributed by atoms with Crippen molar-refractivity contribution in [2.45, 2.75) is 71.4 Å². The van der Waals surface area contributed by atoms with Crippen LogP contribution in [0.4, 0.5) is 0 Å². The Morgan fingerprint density at radius 2 is 1.95 bits per heavy atom. The SMILES string of the molecule is CCC1C(=O)N2CCCC2C(=O)N1CCCCC(C)C. The van der Waals surface area contributed by atoms with E-state index in [1.54, 1.807) is 0 Å². The van der Waals surface area contributed by atoms with Gasteiger partial charge in [0, 0.05) is 13.1 Å². The van der Waals surface area contributed by atoms with Crippen LogP contribution in [-0.2, 0) is 9.59 Å². The molecule has 0 radical (unpaired) electrons. The Morgan fingerprint density at radius 1 is 1.20 bits per heavy atom. The number of nitrogens with zero attached hydrogens (tertiary/aromatic N) is 2. The summed E-state index contributed by atoms with van der Waals surface area (Å²) in [6.07, 6.45) is 5.91. The van der Waals surface area contributed by atoms with E-state index in [4.69, 9.17) is 0 Å². The van der Waals surface area contributed by atoms with Gasteiger partial charge in [0.2, 0.25) is 11.8 Å². The fourth-order valence-electron chi connectivity index (χ4n) is 3.45. The highest BCUT2D eigenvalue weighted by Crippen LogP contribution is 2.28. The predicted molar refractivity (Wildman–Crippen MR) is 79.2 cm³/mol. The van der Waals surface area contributed by atoms with E-state index < -0.39 is 0 Å². The van der Waals surface area contributed by atoms with Gasteiger partial charge in [-0.05, 0) is 31.6 Å². The number of carbonyl (C=O) groups excluding carboxylic acids is 2. The number of rotatable bonds is 6. The van der Waals surface area contributed by atoms with Crippen molar-refractivity contribution in [2.75, 3.05) is 13.1 Å². The molecule has 0 aromatic carbocycles. The highest BCUT2D eigenvalue weighted by Gasteiger charge is 2.46. The molecule has 2 saturated heterocycles. The minimum Gasteiger partial charge on any atom is -0.329 e. The lowest BCUT2D eigenvalue weighted by Crippen LogP contribution is -2.62. The quantitative estimate of drug-likeness (QED) is 0.701. The molecule has 0 N–H and O–H groups in total. The lowest BCUT2D eigenvalue weighted by atomic mass is 10.0. The molecule has 0 saturated carbocycles. The second-order valence-corrected chi connectivity index (χ2v) is 6.53. The second-order valence-electron chi connectivity index (χ2n) is 6.53. The highest BCUT2D eigenvalue weighted by molar-refractivity contribution is 5.97. The van der Waals surface area contributed by atoms with Crippen molar-refractivity contribution in [3.63, 3.8) is 0 Å². The summed E-state index contributed by atoms with van der Waals surface area (Å²) >= 11 is 0.